The van der Waals surface area contributed by atoms with Gasteiger partial charge < -0.3 is 10.5 Å². The molecule has 2 saturated heterocycles. The maximum atomic E-state index is 5.78. The molecule has 4 heterocycles. The van der Waals surface area contributed by atoms with E-state index in [1.54, 1.807) is 12.3 Å². The van der Waals surface area contributed by atoms with Crippen LogP contribution in [0.5, 0.6) is 0 Å². The van der Waals surface area contributed by atoms with Crippen molar-refractivity contribution in [3.8, 4) is 0 Å². The van der Waals surface area contributed by atoms with Crippen LogP contribution in [0.3, 0.4) is 0 Å². The van der Waals surface area contributed by atoms with E-state index in [4.69, 9.17) is 10.5 Å². The van der Waals surface area contributed by atoms with E-state index in [0.717, 1.165) is 58.3 Å². The highest BCUT2D eigenvalue weighted by Crippen LogP contribution is 2.29. The number of nitrogen functional groups attached to an aromatic ring is 1. The molecule has 0 aromatic carbocycles. The lowest BCUT2D eigenvalue weighted by Crippen LogP contribution is -2.37. The lowest BCUT2D eigenvalue weighted by Gasteiger charge is -2.33. The summed E-state index contributed by atoms with van der Waals surface area (Å²) in [4.78, 5) is 13.5. The van der Waals surface area contributed by atoms with Crippen molar-refractivity contribution in [1.82, 2.24) is 30.0 Å². The van der Waals surface area contributed by atoms with Gasteiger partial charge in [-0.1, -0.05) is 0 Å². The summed E-state index contributed by atoms with van der Waals surface area (Å²) in [7, 11) is 0. The number of hydrogen-bond acceptors (Lipinski definition) is 7. The van der Waals surface area contributed by atoms with Gasteiger partial charge in [0.15, 0.2) is 0 Å². The van der Waals surface area contributed by atoms with Gasteiger partial charge in [0.25, 0.3) is 0 Å². The number of aromatic amines is 1. The minimum atomic E-state index is 0.475. The summed E-state index contributed by atoms with van der Waals surface area (Å²) < 4.78 is 5.45. The maximum absolute atomic E-state index is 5.78. The number of anilines is 1. The molecule has 1 atom stereocenters. The second-order valence-electron chi connectivity index (χ2n) is 7.17. The molecule has 2 aliphatic heterocycles. The molecule has 0 bridgehead atoms. The number of piperidine rings is 1. The van der Waals surface area contributed by atoms with Crippen LogP contribution in [0.15, 0.2) is 18.5 Å². The number of nitrogens with zero attached hydrogens (tertiary/aromatic N) is 5. The Labute approximate surface area is 153 Å². The van der Waals surface area contributed by atoms with Crippen molar-refractivity contribution >= 4 is 5.82 Å². The number of ether oxygens (including phenoxy) is 1. The minimum absolute atomic E-state index is 0.475. The standard InChI is InChI=1S/C18H27N7O/c19-16-3-4-20-17(22-16)13-25-5-1-2-14(11-25)18-15(10-21-23-18)12-24-6-8-26-9-7-24/h3-4,10,14H,1-2,5-9,11-13H2,(H,21,23)(H2,19,20,22). The summed E-state index contributed by atoms with van der Waals surface area (Å²) in [5.41, 5.74) is 8.39. The first-order chi connectivity index (χ1) is 12.8. The average Bonchev–Trinajstić information content (AvgIpc) is 3.11. The Bertz CT molecular complexity index is 713. The highest BCUT2D eigenvalue weighted by atomic mass is 16.5. The van der Waals surface area contributed by atoms with E-state index in [1.165, 1.54) is 24.1 Å². The first-order valence-electron chi connectivity index (χ1n) is 9.40. The van der Waals surface area contributed by atoms with E-state index >= 15 is 0 Å². The largest absolute Gasteiger partial charge is 0.384 e. The van der Waals surface area contributed by atoms with Crippen molar-refractivity contribution in [3.05, 3.63) is 35.5 Å². The summed E-state index contributed by atoms with van der Waals surface area (Å²) in [6, 6.07) is 1.73. The van der Waals surface area contributed by atoms with E-state index < -0.39 is 0 Å². The molecule has 8 nitrogen and oxygen atoms in total. The zero-order valence-corrected chi connectivity index (χ0v) is 15.1. The van der Waals surface area contributed by atoms with Gasteiger partial charge in [-0.15, -0.1) is 0 Å². The number of likely N-dealkylation sites (tertiary alicyclic amines) is 1. The van der Waals surface area contributed by atoms with Gasteiger partial charge in [0.1, 0.15) is 11.6 Å². The second kappa shape index (κ2) is 8.11. The Hall–Kier alpha value is -2.03. The number of nitrogens with one attached hydrogen (secondary N) is 1. The molecular weight excluding hydrogens is 330 g/mol. The Kier molecular flexibility index (Phi) is 5.42. The summed E-state index contributed by atoms with van der Waals surface area (Å²) in [6.07, 6.45) is 6.08. The van der Waals surface area contributed by atoms with Gasteiger partial charge in [-0.05, 0) is 25.5 Å². The van der Waals surface area contributed by atoms with Gasteiger partial charge >= 0.3 is 0 Å². The van der Waals surface area contributed by atoms with Gasteiger partial charge in [0.05, 0.1) is 26.0 Å². The molecule has 2 aromatic heterocycles. The van der Waals surface area contributed by atoms with Crippen LogP contribution in [0.25, 0.3) is 0 Å². The molecule has 3 N–H and O–H groups in total. The molecule has 2 fully saturated rings. The summed E-state index contributed by atoms with van der Waals surface area (Å²) in [6.45, 7) is 7.40. The normalized spacial score (nSPS) is 22.5. The number of aromatic nitrogens is 4. The van der Waals surface area contributed by atoms with E-state index in [0.29, 0.717) is 11.7 Å². The zero-order chi connectivity index (χ0) is 17.8. The van der Waals surface area contributed by atoms with Crippen LogP contribution in [0.2, 0.25) is 0 Å². The van der Waals surface area contributed by atoms with Crippen LogP contribution >= 0.6 is 0 Å². The van der Waals surface area contributed by atoms with Gasteiger partial charge in [-0.3, -0.25) is 14.9 Å². The number of morpholine rings is 1. The summed E-state index contributed by atoms with van der Waals surface area (Å²) >= 11 is 0. The quantitative estimate of drug-likeness (QED) is 0.824. The molecule has 2 aliphatic rings. The van der Waals surface area contributed by atoms with Crippen LogP contribution in [0, 0.1) is 0 Å². The molecule has 1 unspecified atom stereocenters. The van der Waals surface area contributed by atoms with Gasteiger partial charge in [-0.25, -0.2) is 9.97 Å². The predicted molar refractivity (Wildman–Crippen MR) is 98.4 cm³/mol. The molecule has 0 saturated carbocycles. The molecule has 140 valence electrons. The molecular formula is C18H27N7O. The third-order valence-corrected chi connectivity index (χ3v) is 5.25. The zero-order valence-electron chi connectivity index (χ0n) is 15.1. The molecule has 0 spiro atoms. The Morgan fingerprint density at radius 1 is 1.19 bits per heavy atom. The Morgan fingerprint density at radius 2 is 2.08 bits per heavy atom. The van der Waals surface area contributed by atoms with E-state index in [9.17, 15) is 0 Å². The van der Waals surface area contributed by atoms with Gasteiger partial charge in [-0.2, -0.15) is 5.10 Å². The molecule has 8 heteroatoms. The van der Waals surface area contributed by atoms with Crippen LogP contribution in [0.4, 0.5) is 5.82 Å². The average molecular weight is 357 g/mol. The monoisotopic (exact) mass is 357 g/mol. The fourth-order valence-corrected chi connectivity index (χ4v) is 3.93. The predicted octanol–water partition coefficient (Wildman–Crippen LogP) is 0.994. The topological polar surface area (TPSA) is 96.2 Å². The fraction of sp³-hybridized carbons (Fsp3) is 0.611. The van der Waals surface area contributed by atoms with Crippen LogP contribution in [-0.4, -0.2) is 69.4 Å². The smallest absolute Gasteiger partial charge is 0.144 e. The van der Waals surface area contributed by atoms with E-state index in [-0.39, 0.29) is 0 Å². The number of rotatable bonds is 5. The third-order valence-electron chi connectivity index (χ3n) is 5.25. The Balaban J connectivity index is 1.40. The van der Waals surface area contributed by atoms with Crippen LogP contribution in [0.1, 0.15) is 35.8 Å². The minimum Gasteiger partial charge on any atom is -0.384 e. The fourth-order valence-electron chi connectivity index (χ4n) is 3.93. The highest BCUT2D eigenvalue weighted by molar-refractivity contribution is 5.25. The number of H-pyrrole nitrogens is 1. The van der Waals surface area contributed by atoms with E-state index in [2.05, 4.69) is 30.0 Å². The molecule has 0 aliphatic carbocycles. The first kappa shape index (κ1) is 17.4. The lowest BCUT2D eigenvalue weighted by atomic mass is 9.92. The summed E-state index contributed by atoms with van der Waals surface area (Å²) in [5.74, 6) is 1.80. The molecule has 0 amide bonds. The SMILES string of the molecule is Nc1ccnc(CN2CCCC(c3[nH]ncc3CN3CCOCC3)C2)n1. The van der Waals surface area contributed by atoms with Crippen molar-refractivity contribution in [2.24, 2.45) is 0 Å². The van der Waals surface area contributed by atoms with Gasteiger partial charge in [0.2, 0.25) is 0 Å². The van der Waals surface area contributed by atoms with E-state index in [1.807, 2.05) is 6.20 Å². The number of hydrogen-bond donors (Lipinski definition) is 2. The molecule has 2 aromatic rings. The Morgan fingerprint density at radius 3 is 2.92 bits per heavy atom. The van der Waals surface area contributed by atoms with Crippen molar-refractivity contribution in [1.29, 1.82) is 0 Å². The first-order valence-corrected chi connectivity index (χ1v) is 9.40. The van der Waals surface area contributed by atoms with Crippen LogP contribution in [-0.2, 0) is 17.8 Å². The third kappa shape index (κ3) is 4.20. The van der Waals surface area contributed by atoms with Crippen molar-refractivity contribution in [2.75, 3.05) is 45.1 Å². The van der Waals surface area contributed by atoms with Gasteiger partial charge in [0, 0.05) is 49.6 Å². The second-order valence-corrected chi connectivity index (χ2v) is 7.17. The summed E-state index contributed by atoms with van der Waals surface area (Å²) in [5, 5.41) is 7.61. The maximum Gasteiger partial charge on any atom is 0.144 e. The molecule has 26 heavy (non-hydrogen) atoms. The highest BCUT2D eigenvalue weighted by Gasteiger charge is 2.26. The molecule has 0 radical (unpaired) electrons. The van der Waals surface area contributed by atoms with Crippen LogP contribution < -0.4 is 5.73 Å². The van der Waals surface area contributed by atoms with Crippen molar-refractivity contribution in [3.63, 3.8) is 0 Å². The lowest BCUT2D eigenvalue weighted by molar-refractivity contribution is 0.0339. The van der Waals surface area contributed by atoms with Crippen molar-refractivity contribution in [2.45, 2.75) is 31.8 Å². The van der Waals surface area contributed by atoms with Crippen molar-refractivity contribution < 1.29 is 4.74 Å². The number of nitrogens with two attached hydrogens (primary N) is 1. The molecule has 4 rings (SSSR count).